The van der Waals surface area contributed by atoms with Gasteiger partial charge in [0, 0.05) is 25.0 Å². The molecule has 0 fully saturated rings. The maximum atomic E-state index is 12.4. The molecular weight excluding hydrogens is 318 g/mol. The van der Waals surface area contributed by atoms with Crippen LogP contribution in [0.4, 0.5) is 11.5 Å². The molecule has 3 aromatic rings. The molecule has 0 aliphatic rings. The Morgan fingerprint density at radius 2 is 1.96 bits per heavy atom. The van der Waals surface area contributed by atoms with Crippen LogP contribution >= 0.6 is 0 Å². The van der Waals surface area contributed by atoms with Gasteiger partial charge in [-0.15, -0.1) is 0 Å². The van der Waals surface area contributed by atoms with E-state index >= 15 is 0 Å². The lowest BCUT2D eigenvalue weighted by molar-refractivity contribution is 0.102. The molecule has 1 amide bonds. The zero-order valence-electron chi connectivity index (χ0n) is 14.1. The molecule has 7 nitrogen and oxygen atoms in total. The molecule has 128 valence electrons. The summed E-state index contributed by atoms with van der Waals surface area (Å²) in [5.41, 5.74) is 1.32. The van der Waals surface area contributed by atoms with Crippen LogP contribution in [-0.4, -0.2) is 33.9 Å². The normalized spacial score (nSPS) is 10.6. The van der Waals surface area contributed by atoms with Gasteiger partial charge in [0.1, 0.15) is 5.82 Å². The monoisotopic (exact) mass is 337 g/mol. The van der Waals surface area contributed by atoms with Gasteiger partial charge in [-0.1, -0.05) is 0 Å². The van der Waals surface area contributed by atoms with Gasteiger partial charge in [-0.25, -0.2) is 9.97 Å². The minimum Gasteiger partial charge on any atom is -0.357 e. The van der Waals surface area contributed by atoms with Gasteiger partial charge >= 0.3 is 0 Å². The van der Waals surface area contributed by atoms with Gasteiger partial charge in [-0.3, -0.25) is 9.59 Å². The van der Waals surface area contributed by atoms with Crippen molar-refractivity contribution >= 4 is 28.3 Å². The average Bonchev–Trinajstić information content (AvgIpc) is 2.64. The highest BCUT2D eigenvalue weighted by Gasteiger charge is 2.10. The number of anilines is 2. The summed E-state index contributed by atoms with van der Waals surface area (Å²) in [7, 11) is 0. The molecule has 0 saturated carbocycles. The van der Waals surface area contributed by atoms with Crippen molar-refractivity contribution in [2.45, 2.75) is 13.8 Å². The number of pyridine rings is 1. The van der Waals surface area contributed by atoms with Crippen LogP contribution in [0.15, 0.2) is 47.7 Å². The molecule has 0 unspecified atom stereocenters. The molecule has 0 saturated heterocycles. The first-order chi connectivity index (χ1) is 12.1. The lowest BCUT2D eigenvalue weighted by atomic mass is 10.2. The van der Waals surface area contributed by atoms with E-state index in [9.17, 15) is 9.59 Å². The molecule has 0 atom stereocenters. The minimum atomic E-state index is -0.279. The van der Waals surface area contributed by atoms with Gasteiger partial charge < -0.3 is 15.2 Å². The van der Waals surface area contributed by atoms with E-state index in [1.165, 1.54) is 6.33 Å². The third-order valence-electron chi connectivity index (χ3n) is 4.00. The van der Waals surface area contributed by atoms with E-state index in [4.69, 9.17) is 0 Å². The summed E-state index contributed by atoms with van der Waals surface area (Å²) in [6.45, 7) is 5.83. The van der Waals surface area contributed by atoms with E-state index in [0.717, 1.165) is 18.9 Å². The molecule has 2 aromatic heterocycles. The van der Waals surface area contributed by atoms with Crippen molar-refractivity contribution in [3.05, 3.63) is 58.8 Å². The fourth-order valence-corrected chi connectivity index (χ4v) is 2.60. The third kappa shape index (κ3) is 3.50. The van der Waals surface area contributed by atoms with Crippen LogP contribution in [0.2, 0.25) is 0 Å². The van der Waals surface area contributed by atoms with Gasteiger partial charge in [-0.05, 0) is 44.2 Å². The fraction of sp³-hybridized carbons (Fsp3) is 0.222. The van der Waals surface area contributed by atoms with E-state index in [1.807, 2.05) is 6.07 Å². The van der Waals surface area contributed by atoms with Crippen LogP contribution in [0.25, 0.3) is 10.9 Å². The van der Waals surface area contributed by atoms with Crippen LogP contribution in [-0.2, 0) is 0 Å². The smallest absolute Gasteiger partial charge is 0.258 e. The molecule has 1 aromatic carbocycles. The summed E-state index contributed by atoms with van der Waals surface area (Å²) in [5.74, 6) is 0.558. The quantitative estimate of drug-likeness (QED) is 0.746. The number of hydrogen-bond acceptors (Lipinski definition) is 5. The van der Waals surface area contributed by atoms with E-state index < -0.39 is 0 Å². The molecular formula is C18H19N5O2. The molecule has 3 rings (SSSR count). The number of hydrogen-bond donors (Lipinski definition) is 2. The zero-order valence-corrected chi connectivity index (χ0v) is 14.1. The largest absolute Gasteiger partial charge is 0.357 e. The first kappa shape index (κ1) is 16.6. The summed E-state index contributed by atoms with van der Waals surface area (Å²) in [5, 5.41) is 3.21. The molecule has 0 radical (unpaired) electrons. The summed E-state index contributed by atoms with van der Waals surface area (Å²) in [6, 6.07) is 8.59. The second kappa shape index (κ2) is 7.12. The van der Waals surface area contributed by atoms with E-state index in [0.29, 0.717) is 22.2 Å². The van der Waals surface area contributed by atoms with Gasteiger partial charge in [0.2, 0.25) is 0 Å². The fourth-order valence-electron chi connectivity index (χ4n) is 2.60. The Morgan fingerprint density at radius 3 is 2.64 bits per heavy atom. The van der Waals surface area contributed by atoms with Crippen LogP contribution in [0.3, 0.4) is 0 Å². The molecule has 25 heavy (non-hydrogen) atoms. The molecule has 2 N–H and O–H groups in total. The Labute approximate surface area is 144 Å². The lowest BCUT2D eigenvalue weighted by Crippen LogP contribution is -2.23. The number of fused-ring (bicyclic) bond motifs is 1. The second-order valence-electron chi connectivity index (χ2n) is 5.50. The highest BCUT2D eigenvalue weighted by atomic mass is 16.1. The number of nitrogens with one attached hydrogen (secondary N) is 2. The second-order valence-corrected chi connectivity index (χ2v) is 5.50. The standard InChI is InChI=1S/C18H19N5O2/c1-3-23(4-2)16-8-5-12(10-19-16)17(24)22-13-6-7-15-14(9-13)18(25)21-11-20-15/h5-11H,3-4H2,1-2H3,(H,22,24)(H,20,21,25). The number of nitrogens with zero attached hydrogens (tertiary/aromatic N) is 3. The number of aromatic nitrogens is 3. The molecule has 2 heterocycles. The lowest BCUT2D eigenvalue weighted by Gasteiger charge is -2.19. The number of rotatable bonds is 5. The van der Waals surface area contributed by atoms with Crippen molar-refractivity contribution in [3.8, 4) is 0 Å². The SMILES string of the molecule is CCN(CC)c1ccc(C(=O)Nc2ccc3nc[nH]c(=O)c3c2)cn1. The van der Waals surface area contributed by atoms with Crippen molar-refractivity contribution < 1.29 is 4.79 Å². The first-order valence-electron chi connectivity index (χ1n) is 8.12. The number of carbonyl (C=O) groups is 1. The van der Waals surface area contributed by atoms with Gasteiger partial charge in [0.15, 0.2) is 0 Å². The van der Waals surface area contributed by atoms with Crippen molar-refractivity contribution in [2.75, 3.05) is 23.3 Å². The van der Waals surface area contributed by atoms with Crippen molar-refractivity contribution in [1.82, 2.24) is 15.0 Å². The molecule has 0 aliphatic heterocycles. The van der Waals surface area contributed by atoms with E-state index in [-0.39, 0.29) is 11.5 Å². The maximum absolute atomic E-state index is 12.4. The molecule has 0 bridgehead atoms. The highest BCUT2D eigenvalue weighted by molar-refractivity contribution is 6.04. The zero-order chi connectivity index (χ0) is 17.8. The summed E-state index contributed by atoms with van der Waals surface area (Å²) < 4.78 is 0. The average molecular weight is 337 g/mol. The van der Waals surface area contributed by atoms with Gasteiger partial charge in [0.25, 0.3) is 11.5 Å². The summed E-state index contributed by atoms with van der Waals surface area (Å²) in [4.78, 5) is 37.3. The Bertz CT molecular complexity index is 946. The number of amides is 1. The molecule has 7 heteroatoms. The third-order valence-corrected chi connectivity index (χ3v) is 4.00. The van der Waals surface area contributed by atoms with E-state index in [2.05, 4.69) is 39.0 Å². The van der Waals surface area contributed by atoms with Crippen molar-refractivity contribution in [1.29, 1.82) is 0 Å². The molecule has 0 aliphatic carbocycles. The topological polar surface area (TPSA) is 91.0 Å². The highest BCUT2D eigenvalue weighted by Crippen LogP contribution is 2.16. The summed E-state index contributed by atoms with van der Waals surface area (Å²) >= 11 is 0. The van der Waals surface area contributed by atoms with Crippen LogP contribution < -0.4 is 15.8 Å². The van der Waals surface area contributed by atoms with Crippen LogP contribution in [0.5, 0.6) is 0 Å². The first-order valence-corrected chi connectivity index (χ1v) is 8.12. The Kier molecular flexibility index (Phi) is 4.74. The number of H-pyrrole nitrogens is 1. The van der Waals surface area contributed by atoms with Crippen LogP contribution in [0.1, 0.15) is 24.2 Å². The van der Waals surface area contributed by atoms with Crippen LogP contribution in [0, 0.1) is 0 Å². The van der Waals surface area contributed by atoms with Crippen molar-refractivity contribution in [3.63, 3.8) is 0 Å². The number of benzene rings is 1. The summed E-state index contributed by atoms with van der Waals surface area (Å²) in [6.07, 6.45) is 2.91. The van der Waals surface area contributed by atoms with Crippen molar-refractivity contribution in [2.24, 2.45) is 0 Å². The Balaban J connectivity index is 1.80. The number of carbonyl (C=O) groups excluding carboxylic acids is 1. The Morgan fingerprint density at radius 1 is 1.16 bits per heavy atom. The Hall–Kier alpha value is -3.22. The predicted molar refractivity (Wildman–Crippen MR) is 98.1 cm³/mol. The van der Waals surface area contributed by atoms with Gasteiger partial charge in [-0.2, -0.15) is 0 Å². The van der Waals surface area contributed by atoms with E-state index in [1.54, 1.807) is 30.5 Å². The predicted octanol–water partition coefficient (Wildman–Crippen LogP) is 2.42. The number of aromatic amines is 1. The minimum absolute atomic E-state index is 0.244. The van der Waals surface area contributed by atoms with Gasteiger partial charge in [0.05, 0.1) is 22.8 Å². The maximum Gasteiger partial charge on any atom is 0.258 e. The molecule has 0 spiro atoms.